The smallest absolute Gasteiger partial charge is 0.233 e. The number of hydrogen-bond donors (Lipinski definition) is 0. The molecule has 1 aromatic carbocycles. The molecule has 1 aliphatic rings. The van der Waals surface area contributed by atoms with E-state index < -0.39 is 10.0 Å². The quantitative estimate of drug-likeness (QED) is 0.744. The summed E-state index contributed by atoms with van der Waals surface area (Å²) < 4.78 is 37.5. The summed E-state index contributed by atoms with van der Waals surface area (Å²) in [5, 5.41) is 7.89. The van der Waals surface area contributed by atoms with E-state index in [9.17, 15) is 8.42 Å². The Balaban J connectivity index is 1.49. The first-order valence-electron chi connectivity index (χ1n) is 8.15. The predicted octanol–water partition coefficient (Wildman–Crippen LogP) is 1.65. The zero-order chi connectivity index (χ0) is 17.7. The molecule has 7 nitrogen and oxygen atoms in total. The Kier molecular flexibility index (Phi) is 5.50. The van der Waals surface area contributed by atoms with Gasteiger partial charge in [-0.1, -0.05) is 18.2 Å². The van der Waals surface area contributed by atoms with Gasteiger partial charge in [0.15, 0.2) is 0 Å². The molecule has 0 amide bonds. The lowest BCUT2D eigenvalue weighted by Gasteiger charge is -2.17. The Morgan fingerprint density at radius 3 is 2.68 bits per heavy atom. The molecule has 0 N–H and O–H groups in total. The van der Waals surface area contributed by atoms with Gasteiger partial charge in [0.25, 0.3) is 0 Å². The summed E-state index contributed by atoms with van der Waals surface area (Å²) in [6.45, 7) is 2.73. The van der Waals surface area contributed by atoms with Crippen molar-refractivity contribution in [1.82, 2.24) is 14.5 Å². The molecule has 1 aliphatic heterocycles. The van der Waals surface area contributed by atoms with E-state index in [0.717, 1.165) is 5.69 Å². The fourth-order valence-electron chi connectivity index (χ4n) is 2.58. The van der Waals surface area contributed by atoms with Gasteiger partial charge >= 0.3 is 0 Å². The highest BCUT2D eigenvalue weighted by atomic mass is 32.2. The van der Waals surface area contributed by atoms with Crippen molar-refractivity contribution >= 4 is 10.0 Å². The number of para-hydroxylation sites is 1. The Bertz CT molecular complexity index is 781. The van der Waals surface area contributed by atoms with Gasteiger partial charge in [-0.15, -0.1) is 5.10 Å². The van der Waals surface area contributed by atoms with Gasteiger partial charge in [0.1, 0.15) is 18.5 Å². The highest BCUT2D eigenvalue weighted by molar-refractivity contribution is 7.89. The number of aryl methyl sites for hydroxylation is 1. The maximum absolute atomic E-state index is 12.4. The average Bonchev–Trinajstić information content (AvgIpc) is 3.07. The molecule has 1 aromatic heterocycles. The fourth-order valence-corrected chi connectivity index (χ4v) is 3.91. The zero-order valence-corrected chi connectivity index (χ0v) is 14.9. The van der Waals surface area contributed by atoms with Gasteiger partial charge in [-0.2, -0.15) is 9.40 Å². The van der Waals surface area contributed by atoms with Crippen LogP contribution in [0, 0.1) is 6.92 Å². The second-order valence-electron chi connectivity index (χ2n) is 5.88. The third-order valence-corrected chi connectivity index (χ3v) is 5.72. The molecule has 0 spiro atoms. The summed E-state index contributed by atoms with van der Waals surface area (Å²) in [5.41, 5.74) is 0.807. The summed E-state index contributed by atoms with van der Waals surface area (Å²) >= 11 is 0. The van der Waals surface area contributed by atoms with Gasteiger partial charge in [0.2, 0.25) is 15.9 Å². The number of aromatic nitrogens is 2. The Labute approximate surface area is 147 Å². The molecular formula is C17H21N3O4S. The van der Waals surface area contributed by atoms with Crippen molar-refractivity contribution in [2.45, 2.75) is 19.4 Å². The monoisotopic (exact) mass is 363 g/mol. The van der Waals surface area contributed by atoms with Crippen LogP contribution in [-0.2, 0) is 10.0 Å². The van der Waals surface area contributed by atoms with Crippen molar-refractivity contribution < 1.29 is 17.9 Å². The van der Waals surface area contributed by atoms with Gasteiger partial charge in [-0.25, -0.2) is 8.42 Å². The van der Waals surface area contributed by atoms with Crippen molar-refractivity contribution in [2.75, 3.05) is 25.4 Å². The molecule has 0 bridgehead atoms. The lowest BCUT2D eigenvalue weighted by Crippen LogP contribution is -2.34. The van der Waals surface area contributed by atoms with E-state index in [4.69, 9.17) is 9.47 Å². The lowest BCUT2D eigenvalue weighted by atomic mass is 10.3. The van der Waals surface area contributed by atoms with E-state index in [1.807, 2.05) is 31.2 Å². The number of nitrogens with zero attached hydrogens (tertiary/aromatic N) is 3. The van der Waals surface area contributed by atoms with Crippen molar-refractivity contribution in [3.8, 4) is 11.6 Å². The molecular weight excluding hydrogens is 342 g/mol. The molecule has 1 fully saturated rings. The van der Waals surface area contributed by atoms with E-state index in [0.29, 0.717) is 31.1 Å². The SMILES string of the molecule is Cc1ccc(OC2CCN(S(=O)(=O)CCOc3ccccc3)C2)nn1. The van der Waals surface area contributed by atoms with Crippen LogP contribution in [0.2, 0.25) is 0 Å². The van der Waals surface area contributed by atoms with Crippen LogP contribution in [0.4, 0.5) is 0 Å². The number of sulfonamides is 1. The van der Waals surface area contributed by atoms with E-state index in [1.54, 1.807) is 18.2 Å². The standard InChI is InChI=1S/C17H21N3O4S/c1-14-7-8-17(19-18-14)24-16-9-10-20(13-16)25(21,22)12-11-23-15-5-3-2-4-6-15/h2-8,16H,9-13H2,1H3. The van der Waals surface area contributed by atoms with Crippen LogP contribution in [0.3, 0.4) is 0 Å². The Morgan fingerprint density at radius 1 is 1.16 bits per heavy atom. The average molecular weight is 363 g/mol. The van der Waals surface area contributed by atoms with E-state index in [1.165, 1.54) is 4.31 Å². The maximum Gasteiger partial charge on any atom is 0.233 e. The van der Waals surface area contributed by atoms with Crippen molar-refractivity contribution in [3.05, 3.63) is 48.2 Å². The molecule has 1 unspecified atom stereocenters. The van der Waals surface area contributed by atoms with Gasteiger partial charge < -0.3 is 9.47 Å². The summed E-state index contributed by atoms with van der Waals surface area (Å²) in [6, 6.07) is 12.7. The van der Waals surface area contributed by atoms with E-state index >= 15 is 0 Å². The van der Waals surface area contributed by atoms with Crippen LogP contribution >= 0.6 is 0 Å². The zero-order valence-electron chi connectivity index (χ0n) is 14.0. The lowest BCUT2D eigenvalue weighted by molar-refractivity contribution is 0.204. The van der Waals surface area contributed by atoms with Crippen molar-refractivity contribution in [3.63, 3.8) is 0 Å². The minimum Gasteiger partial charge on any atom is -0.492 e. The number of benzene rings is 1. The molecule has 1 atom stereocenters. The van der Waals surface area contributed by atoms with Crippen LogP contribution < -0.4 is 9.47 Å². The molecule has 0 aliphatic carbocycles. The first-order valence-corrected chi connectivity index (χ1v) is 9.76. The Morgan fingerprint density at radius 2 is 1.96 bits per heavy atom. The number of hydrogen-bond acceptors (Lipinski definition) is 6. The summed E-state index contributed by atoms with van der Waals surface area (Å²) in [6.07, 6.45) is 0.427. The third-order valence-electron chi connectivity index (χ3n) is 3.92. The van der Waals surface area contributed by atoms with Crippen molar-refractivity contribution in [1.29, 1.82) is 0 Å². The molecule has 25 heavy (non-hydrogen) atoms. The number of ether oxygens (including phenoxy) is 2. The Hall–Kier alpha value is -2.19. The molecule has 2 heterocycles. The van der Waals surface area contributed by atoms with E-state index in [-0.39, 0.29) is 18.5 Å². The summed E-state index contributed by atoms with van der Waals surface area (Å²) in [4.78, 5) is 0. The fraction of sp³-hybridized carbons (Fsp3) is 0.412. The van der Waals surface area contributed by atoms with Crippen LogP contribution in [0.25, 0.3) is 0 Å². The molecule has 3 rings (SSSR count). The molecule has 134 valence electrons. The molecule has 8 heteroatoms. The van der Waals surface area contributed by atoms with Crippen LogP contribution in [0.15, 0.2) is 42.5 Å². The van der Waals surface area contributed by atoms with Crippen LogP contribution in [0.1, 0.15) is 12.1 Å². The van der Waals surface area contributed by atoms with Gasteiger partial charge in [0, 0.05) is 12.6 Å². The normalized spacial score (nSPS) is 18.2. The van der Waals surface area contributed by atoms with Crippen LogP contribution in [-0.4, -0.2) is 54.5 Å². The maximum atomic E-state index is 12.4. The topological polar surface area (TPSA) is 81.6 Å². The van der Waals surface area contributed by atoms with Gasteiger partial charge in [-0.05, 0) is 31.5 Å². The summed E-state index contributed by atoms with van der Waals surface area (Å²) in [5.74, 6) is 1.03. The van der Waals surface area contributed by atoms with Crippen molar-refractivity contribution in [2.24, 2.45) is 0 Å². The second kappa shape index (κ2) is 7.79. The molecule has 0 saturated carbocycles. The highest BCUT2D eigenvalue weighted by Crippen LogP contribution is 2.19. The van der Waals surface area contributed by atoms with Gasteiger partial charge in [0.05, 0.1) is 18.0 Å². The third kappa shape index (κ3) is 4.90. The first kappa shape index (κ1) is 17.6. The largest absolute Gasteiger partial charge is 0.492 e. The predicted molar refractivity (Wildman–Crippen MR) is 93.1 cm³/mol. The van der Waals surface area contributed by atoms with E-state index in [2.05, 4.69) is 10.2 Å². The number of rotatable bonds is 7. The van der Waals surface area contributed by atoms with Crippen LogP contribution in [0.5, 0.6) is 11.6 Å². The molecule has 1 saturated heterocycles. The minimum absolute atomic E-state index is 0.0566. The molecule has 2 aromatic rings. The van der Waals surface area contributed by atoms with Gasteiger partial charge in [-0.3, -0.25) is 0 Å². The highest BCUT2D eigenvalue weighted by Gasteiger charge is 2.32. The second-order valence-corrected chi connectivity index (χ2v) is 7.97. The minimum atomic E-state index is -3.37. The molecule has 0 radical (unpaired) electrons. The first-order chi connectivity index (χ1) is 12.0. The summed E-state index contributed by atoms with van der Waals surface area (Å²) in [7, 11) is -3.37.